The van der Waals surface area contributed by atoms with Gasteiger partial charge in [0, 0.05) is 25.7 Å². The fourth-order valence-corrected chi connectivity index (χ4v) is 10.1. The number of hydrogen-bond donors (Lipinski definition) is 8. The van der Waals surface area contributed by atoms with Gasteiger partial charge in [0.2, 0.25) is 0 Å². The Labute approximate surface area is 526 Å². The average molecular weight is 1230 g/mol. The lowest BCUT2D eigenvalue weighted by molar-refractivity contribution is -0.111. The maximum absolute atomic E-state index is 10.6. The van der Waals surface area contributed by atoms with E-state index in [2.05, 4.69) is 78.2 Å². The van der Waals surface area contributed by atoms with Gasteiger partial charge in [-0.2, -0.15) is 0 Å². The third-order valence-corrected chi connectivity index (χ3v) is 16.2. The summed E-state index contributed by atoms with van der Waals surface area (Å²) in [5, 5.41) is 34.1. The third-order valence-electron chi connectivity index (χ3n) is 15.3. The number of rotatable bonds is 60. The Hall–Kier alpha value is -0.0800. The van der Waals surface area contributed by atoms with E-state index in [1.165, 1.54) is 308 Å². The van der Waals surface area contributed by atoms with Crippen LogP contribution in [0.15, 0.2) is 0 Å². The third kappa shape index (κ3) is 93.8. The Morgan fingerprint density at radius 2 is 0.309 bits per heavy atom. The zero-order chi connectivity index (χ0) is 61.2. The maximum Gasteiger partial charge on any atom is 0.185 e. The largest absolute Gasteiger partial charge is 0.396 e. The lowest BCUT2D eigenvalue weighted by atomic mass is 9.93. The lowest BCUT2D eigenvalue weighted by Crippen LogP contribution is -2.37. The molecule has 0 aliphatic heterocycles. The Bertz CT molecular complexity index is 1030. The van der Waals surface area contributed by atoms with E-state index in [1.807, 2.05) is 0 Å². The summed E-state index contributed by atoms with van der Waals surface area (Å²) in [4.78, 5) is 42.4. The SMILES string of the molecule is CCCCCCCCCCCCCCCC(=O)S.CCCCCCCCCCCCCCCC(=O)S.CCCCCCCCCCCCCCCC(=O)S.CCCCCCCCCCCCCCCC(=O)S.OCC(CO)(CO)CO. The number of unbranched alkanes of at least 4 members (excludes halogenated alkanes) is 48. The number of carbonyl (C=O) groups is 4. The molecule has 0 aromatic carbocycles. The summed E-state index contributed by atoms with van der Waals surface area (Å²) in [5.41, 5.74) is -1.11. The quantitative estimate of drug-likeness (QED) is 0.0222. The Balaban J connectivity index is -0.000000302. The molecule has 488 valence electrons. The van der Waals surface area contributed by atoms with E-state index >= 15 is 0 Å². The molecule has 4 N–H and O–H groups in total. The fourth-order valence-electron chi connectivity index (χ4n) is 9.48. The van der Waals surface area contributed by atoms with Crippen molar-refractivity contribution in [1.82, 2.24) is 0 Å². The van der Waals surface area contributed by atoms with E-state index < -0.39 is 31.8 Å². The van der Waals surface area contributed by atoms with Crippen LogP contribution in [0.3, 0.4) is 0 Å². The molecule has 0 rings (SSSR count). The highest BCUT2D eigenvalue weighted by atomic mass is 32.1. The molecule has 0 amide bonds. The number of aliphatic hydroxyl groups excluding tert-OH is 4. The topological polar surface area (TPSA) is 149 Å². The van der Waals surface area contributed by atoms with Crippen molar-refractivity contribution in [2.75, 3.05) is 26.4 Å². The van der Waals surface area contributed by atoms with Crippen LogP contribution in [-0.2, 0) is 19.2 Å². The first-order valence-electron chi connectivity index (χ1n) is 34.6. The van der Waals surface area contributed by atoms with E-state index in [1.54, 1.807) is 0 Å². The molecular weight excluding hydrogens is 1090 g/mol. The van der Waals surface area contributed by atoms with Gasteiger partial charge in [0.1, 0.15) is 0 Å². The molecule has 0 saturated carbocycles. The molecule has 0 aromatic rings. The minimum absolute atomic E-state index is 0.0399. The lowest BCUT2D eigenvalue weighted by Gasteiger charge is -2.23. The highest BCUT2D eigenvalue weighted by molar-refractivity contribution is 7.97. The van der Waals surface area contributed by atoms with Crippen LogP contribution >= 0.6 is 50.5 Å². The standard InChI is InChI=1S/4C16H32OS.C5H12O4/c4*1-2-3-4-5-6-7-8-9-10-11-12-13-14-15-16(17)18;6-1-5(2-7,3-8)4-9/h4*2-15H2,1H3,(H,17,18);6-9H,1-4H2. The van der Waals surface area contributed by atoms with Gasteiger partial charge in [-0.05, 0) is 25.7 Å². The molecule has 0 atom stereocenters. The van der Waals surface area contributed by atoms with Gasteiger partial charge in [-0.25, -0.2) is 0 Å². The van der Waals surface area contributed by atoms with Gasteiger partial charge in [-0.15, -0.1) is 50.5 Å². The summed E-state index contributed by atoms with van der Waals surface area (Å²) in [6.07, 6.45) is 72.8. The van der Waals surface area contributed by atoms with Crippen molar-refractivity contribution in [3.63, 3.8) is 0 Å². The van der Waals surface area contributed by atoms with Gasteiger partial charge >= 0.3 is 0 Å². The van der Waals surface area contributed by atoms with E-state index in [4.69, 9.17) is 20.4 Å². The molecule has 0 aliphatic rings. The van der Waals surface area contributed by atoms with Crippen molar-refractivity contribution in [1.29, 1.82) is 0 Å². The Morgan fingerprint density at radius 1 is 0.210 bits per heavy atom. The molecule has 0 heterocycles. The van der Waals surface area contributed by atoms with Crippen molar-refractivity contribution in [2.45, 2.75) is 387 Å². The van der Waals surface area contributed by atoms with Gasteiger partial charge in [0.15, 0.2) is 20.5 Å². The van der Waals surface area contributed by atoms with Crippen LogP contribution in [-0.4, -0.2) is 67.3 Å². The summed E-state index contributed by atoms with van der Waals surface area (Å²) in [6.45, 7) is 7.45. The summed E-state index contributed by atoms with van der Waals surface area (Å²) in [6, 6.07) is 0. The summed E-state index contributed by atoms with van der Waals surface area (Å²) < 4.78 is 0. The molecule has 81 heavy (non-hydrogen) atoms. The van der Waals surface area contributed by atoms with Gasteiger partial charge < -0.3 is 20.4 Å². The van der Waals surface area contributed by atoms with E-state index in [0.29, 0.717) is 25.7 Å². The number of thiol groups is 4. The summed E-state index contributed by atoms with van der Waals surface area (Å²) in [7, 11) is 0. The molecule has 0 aromatic heterocycles. The van der Waals surface area contributed by atoms with Gasteiger partial charge in [0.05, 0.1) is 31.8 Å². The predicted octanol–water partition coefficient (Wildman–Crippen LogP) is 21.6. The first-order chi connectivity index (χ1) is 39.3. The number of carbonyl (C=O) groups excluding carboxylic acids is 4. The van der Waals surface area contributed by atoms with Gasteiger partial charge in [-0.3, -0.25) is 19.2 Å². The van der Waals surface area contributed by atoms with Crippen LogP contribution in [0.5, 0.6) is 0 Å². The minimum Gasteiger partial charge on any atom is -0.396 e. The highest BCUT2D eigenvalue weighted by Gasteiger charge is 2.26. The summed E-state index contributed by atoms with van der Waals surface area (Å²) in [5.74, 6) is 0. The second-order valence-electron chi connectivity index (χ2n) is 23.7. The normalized spacial score (nSPS) is 10.9. The van der Waals surface area contributed by atoms with Crippen LogP contribution in [0.25, 0.3) is 0 Å². The average Bonchev–Trinajstić information content (AvgIpc) is 3.45. The molecule has 0 saturated heterocycles. The number of aliphatic hydroxyl groups is 4. The zero-order valence-electron chi connectivity index (χ0n) is 54.1. The molecule has 0 aliphatic carbocycles. The molecule has 0 spiro atoms. The summed E-state index contributed by atoms with van der Waals surface area (Å²) >= 11 is 15.1. The molecule has 12 heteroatoms. The van der Waals surface area contributed by atoms with E-state index in [0.717, 1.165) is 25.7 Å². The predicted molar refractivity (Wildman–Crippen MR) is 368 cm³/mol. The maximum atomic E-state index is 10.6. The van der Waals surface area contributed by atoms with Gasteiger partial charge in [0.25, 0.3) is 0 Å². The first-order valence-corrected chi connectivity index (χ1v) is 36.4. The van der Waals surface area contributed by atoms with E-state index in [-0.39, 0.29) is 20.5 Å². The zero-order valence-corrected chi connectivity index (χ0v) is 57.7. The van der Waals surface area contributed by atoms with Crippen molar-refractivity contribution >= 4 is 71.0 Å². The van der Waals surface area contributed by atoms with Crippen LogP contribution in [0.1, 0.15) is 387 Å². The van der Waals surface area contributed by atoms with Gasteiger partial charge in [-0.1, -0.05) is 336 Å². The van der Waals surface area contributed by atoms with Crippen LogP contribution in [0.2, 0.25) is 0 Å². The van der Waals surface area contributed by atoms with Crippen molar-refractivity contribution in [3.8, 4) is 0 Å². The van der Waals surface area contributed by atoms with E-state index in [9.17, 15) is 19.2 Å². The molecule has 0 bridgehead atoms. The number of hydrogen-bond acceptors (Lipinski definition) is 8. The van der Waals surface area contributed by atoms with Crippen molar-refractivity contribution in [3.05, 3.63) is 0 Å². The Morgan fingerprint density at radius 3 is 0.383 bits per heavy atom. The van der Waals surface area contributed by atoms with Crippen molar-refractivity contribution in [2.24, 2.45) is 5.41 Å². The second-order valence-corrected chi connectivity index (χ2v) is 25.7. The molecule has 0 unspecified atom stereocenters. The Kier molecular flexibility index (Phi) is 90.8. The van der Waals surface area contributed by atoms with Crippen molar-refractivity contribution < 1.29 is 39.6 Å². The fraction of sp³-hybridized carbons (Fsp3) is 0.942. The molecule has 0 fully saturated rings. The minimum atomic E-state index is -1.11. The second kappa shape index (κ2) is 82.0. The van der Waals surface area contributed by atoms with Crippen LogP contribution in [0.4, 0.5) is 0 Å². The smallest absolute Gasteiger partial charge is 0.185 e. The molecular formula is C69H140O8S4. The molecule has 8 nitrogen and oxygen atoms in total. The molecule has 0 radical (unpaired) electrons. The monoisotopic (exact) mass is 1220 g/mol. The first kappa shape index (κ1) is 89.7. The highest BCUT2D eigenvalue weighted by Crippen LogP contribution is 2.18. The van der Waals surface area contributed by atoms with Crippen LogP contribution < -0.4 is 0 Å². The van der Waals surface area contributed by atoms with Crippen LogP contribution in [0, 0.1) is 5.41 Å².